The molecule has 5 rings (SSSR count). The monoisotopic (exact) mass is 1120 g/mol. The molecule has 0 aromatic heterocycles. The lowest BCUT2D eigenvalue weighted by molar-refractivity contribution is -0.132. The maximum atomic E-state index is 13.4. The van der Waals surface area contributed by atoms with Crippen LogP contribution in [0.1, 0.15) is 114 Å². The molecule has 0 radical (unpaired) electrons. The van der Waals surface area contributed by atoms with Gasteiger partial charge >= 0.3 is 0 Å². The van der Waals surface area contributed by atoms with Gasteiger partial charge in [-0.1, -0.05) is 68.9 Å². The lowest BCUT2D eigenvalue weighted by atomic mass is 9.94. The number of ether oxygens (including phenoxy) is 6. The van der Waals surface area contributed by atoms with E-state index in [1.807, 2.05) is 48.5 Å². The van der Waals surface area contributed by atoms with Crippen molar-refractivity contribution >= 4 is 52.6 Å². The fourth-order valence-corrected chi connectivity index (χ4v) is 9.17. The molecule has 1 saturated carbocycles. The summed E-state index contributed by atoms with van der Waals surface area (Å²) in [6.07, 6.45) is 3.01. The van der Waals surface area contributed by atoms with Crippen LogP contribution >= 0.6 is 0 Å². The van der Waals surface area contributed by atoms with E-state index in [1.54, 1.807) is 18.7 Å². The van der Waals surface area contributed by atoms with Gasteiger partial charge in [-0.3, -0.25) is 33.8 Å². The number of nitrogens with zero attached hydrogens (tertiary/aromatic N) is 3. The highest BCUT2D eigenvalue weighted by Gasteiger charge is 2.32. The summed E-state index contributed by atoms with van der Waals surface area (Å²) in [6, 6.07) is 13.3. The van der Waals surface area contributed by atoms with Crippen molar-refractivity contribution in [3.63, 3.8) is 0 Å². The Morgan fingerprint density at radius 1 is 0.775 bits per heavy atom. The third kappa shape index (κ3) is 23.0. The van der Waals surface area contributed by atoms with E-state index in [2.05, 4.69) is 38.2 Å². The molecule has 1 unspecified atom stereocenters. The number of carbonyl (C=O) groups is 6. The number of aliphatic hydroxyl groups is 2. The molecule has 440 valence electrons. The first kappa shape index (κ1) is 64.5. The molecule has 6 atom stereocenters. The molecule has 2 aromatic rings. The summed E-state index contributed by atoms with van der Waals surface area (Å²) in [4.78, 5) is 83.7. The van der Waals surface area contributed by atoms with Crippen LogP contribution in [-0.2, 0) is 63.7 Å². The number of aliphatic imine (C=N–C) groups is 1. The van der Waals surface area contributed by atoms with Gasteiger partial charge in [-0.05, 0) is 68.2 Å². The summed E-state index contributed by atoms with van der Waals surface area (Å²) in [7, 11) is 0. The summed E-state index contributed by atoms with van der Waals surface area (Å²) in [5, 5.41) is 34.9. The van der Waals surface area contributed by atoms with E-state index in [-0.39, 0.29) is 108 Å². The molecule has 1 saturated heterocycles. The zero-order valence-corrected chi connectivity index (χ0v) is 46.3. The van der Waals surface area contributed by atoms with Crippen LogP contribution in [0.3, 0.4) is 0 Å². The molecule has 10 N–H and O–H groups in total. The molecular formula is C57H83N9O14. The number of benzene rings is 2. The first-order valence-electron chi connectivity index (χ1n) is 27.9. The number of hydrogen-bond donors (Lipinski definition) is 8. The van der Waals surface area contributed by atoms with E-state index in [9.17, 15) is 39.0 Å². The second-order valence-electron chi connectivity index (χ2n) is 20.1. The molecule has 6 amide bonds. The molecule has 0 bridgehead atoms. The van der Waals surface area contributed by atoms with Crippen LogP contribution in [0.5, 0.6) is 0 Å². The lowest BCUT2D eigenvalue weighted by Crippen LogP contribution is -2.54. The Balaban J connectivity index is 0.900. The van der Waals surface area contributed by atoms with E-state index in [0.717, 1.165) is 41.6 Å². The van der Waals surface area contributed by atoms with Crippen LogP contribution in [0.15, 0.2) is 58.6 Å². The Hall–Kier alpha value is -6.36. The average molecular weight is 1120 g/mol. The first-order valence-corrected chi connectivity index (χ1v) is 27.9. The number of hydrazone groups is 1. The topological polar surface area (TPSA) is 326 Å². The predicted octanol–water partition coefficient (Wildman–Crippen LogP) is 1.65. The molecule has 80 heavy (non-hydrogen) atoms. The molecule has 23 heteroatoms. The second-order valence-corrected chi connectivity index (χ2v) is 20.1. The number of fused-ring (bicyclic) bond motifs is 2. The van der Waals surface area contributed by atoms with Crippen molar-refractivity contribution in [3.05, 3.63) is 65.2 Å². The molecule has 2 aromatic carbocycles. The van der Waals surface area contributed by atoms with Gasteiger partial charge in [0.05, 0.1) is 89.6 Å². The Labute approximate surface area is 469 Å². The number of rotatable bonds is 33. The number of hydrogen-bond acceptors (Lipinski definition) is 17. The summed E-state index contributed by atoms with van der Waals surface area (Å²) in [5.74, 6) is 9.46. The van der Waals surface area contributed by atoms with Crippen molar-refractivity contribution in [2.24, 2.45) is 27.6 Å². The van der Waals surface area contributed by atoms with E-state index < -0.39 is 54.3 Å². The highest BCUT2D eigenvalue weighted by atomic mass is 16.6. The summed E-state index contributed by atoms with van der Waals surface area (Å²) in [6.45, 7) is 5.97. The normalized spacial score (nSPS) is 19.9. The number of unbranched alkanes of at least 4 members (excludes halogenated alkanes) is 1. The number of aliphatic hydroxyl groups excluding tert-OH is 2. The minimum atomic E-state index is -0.984. The molecule has 1 aliphatic carbocycles. The zero-order chi connectivity index (χ0) is 57.5. The van der Waals surface area contributed by atoms with Gasteiger partial charge < -0.3 is 76.4 Å². The second kappa shape index (κ2) is 36.1. The minimum absolute atomic E-state index is 0.0385. The van der Waals surface area contributed by atoms with Gasteiger partial charge in [-0.25, -0.2) is 0 Å². The zero-order valence-electron chi connectivity index (χ0n) is 46.3. The fraction of sp³-hybridized carbons (Fsp3) is 0.614. The number of amides is 6. The maximum Gasteiger partial charge on any atom is 0.246 e. The van der Waals surface area contributed by atoms with Crippen LogP contribution < -0.4 is 37.7 Å². The van der Waals surface area contributed by atoms with Gasteiger partial charge in [-0.2, -0.15) is 5.10 Å². The van der Waals surface area contributed by atoms with Crippen LogP contribution in [0, 0.1) is 17.8 Å². The molecule has 2 heterocycles. The number of para-hydroxylation sites is 1. The molecule has 2 aliphatic heterocycles. The van der Waals surface area contributed by atoms with Crippen LogP contribution in [0.25, 0.3) is 0 Å². The third-order valence-corrected chi connectivity index (χ3v) is 13.5. The van der Waals surface area contributed by atoms with Gasteiger partial charge in [-0.15, -0.1) is 0 Å². The Kier molecular flexibility index (Phi) is 29.1. The summed E-state index contributed by atoms with van der Waals surface area (Å²) in [5.41, 5.74) is 9.84. The van der Waals surface area contributed by atoms with Gasteiger partial charge in [0.1, 0.15) is 30.5 Å². The van der Waals surface area contributed by atoms with E-state index in [1.165, 1.54) is 0 Å². The van der Waals surface area contributed by atoms with Gasteiger partial charge in [0, 0.05) is 56.3 Å². The smallest absolute Gasteiger partial charge is 0.246 e. The van der Waals surface area contributed by atoms with Crippen molar-refractivity contribution < 1.29 is 67.4 Å². The van der Waals surface area contributed by atoms with Gasteiger partial charge in [0.25, 0.3) is 0 Å². The standard InChI is InChI=1S/C57H83N9O14/c1-39(2)54(56(58)73)64-57(74)46(16-10-11-24-60-51(71)38-79-48-18-5-3-4-15-45(55(48)65-59)63-52-35-43(68)34-44(37-67)80-52)62-50(70)23-26-75-28-30-77-32-33-78-31-29-76-27-25-61-49(69)21-22-53(72)66-36-42-14-7-6-12-40(42)19-20-41-13-8-9-17-47(41)66/h6-9,12-14,17,39,43-44,46,48,52,54,67-68H,3-5,10-11,15-16,18,21-38,59H2,1-2H3,(H2,58,73)(H,60,71)(H,61,69)(H,62,70)(H,64,74)/t43-,44-,46+,48?,52-,54-/m0/s1. The maximum absolute atomic E-state index is 13.4. The summed E-state index contributed by atoms with van der Waals surface area (Å²) < 4.78 is 34.1. The fourth-order valence-electron chi connectivity index (χ4n) is 9.17. The number of nitrogens with two attached hydrogens (primary N) is 2. The van der Waals surface area contributed by atoms with E-state index in [4.69, 9.17) is 45.0 Å². The third-order valence-electron chi connectivity index (χ3n) is 13.5. The van der Waals surface area contributed by atoms with Crippen molar-refractivity contribution in [2.45, 2.75) is 140 Å². The SMILES string of the molecule is CC(C)[C@H](NC(=O)[C@@H](CCCCNC(=O)COC1CCCCCC(=N[C@@H]2C[C@@H](O)C[C@@H](CO)O2)C1=NN)NC(=O)CCOCCOCCOCCOCCNC(=O)CCC(=O)N1Cc2ccccc2C#Cc2ccccc21)C(N)=O. The molecule has 23 nitrogen and oxygen atoms in total. The van der Waals surface area contributed by atoms with Crippen molar-refractivity contribution in [2.75, 3.05) is 84.1 Å². The molecule has 2 fully saturated rings. The van der Waals surface area contributed by atoms with Crippen LogP contribution in [-0.4, -0.2) is 173 Å². The summed E-state index contributed by atoms with van der Waals surface area (Å²) >= 11 is 0. The highest BCUT2D eigenvalue weighted by Crippen LogP contribution is 2.27. The predicted molar refractivity (Wildman–Crippen MR) is 298 cm³/mol. The lowest BCUT2D eigenvalue weighted by Gasteiger charge is -2.31. The molecule has 3 aliphatic rings. The molecular weight excluding hydrogens is 1030 g/mol. The Morgan fingerprint density at radius 3 is 2.16 bits per heavy atom. The number of primary amides is 1. The largest absolute Gasteiger partial charge is 0.394 e. The molecule has 0 spiro atoms. The van der Waals surface area contributed by atoms with Crippen molar-refractivity contribution in [3.8, 4) is 11.8 Å². The van der Waals surface area contributed by atoms with E-state index >= 15 is 0 Å². The van der Waals surface area contributed by atoms with Crippen molar-refractivity contribution in [1.82, 2.24) is 21.3 Å². The Morgan fingerprint density at radius 2 is 1.45 bits per heavy atom. The van der Waals surface area contributed by atoms with Crippen molar-refractivity contribution in [1.29, 1.82) is 0 Å². The average Bonchev–Trinajstić information content (AvgIpc) is 3.43. The number of anilines is 1. The van der Waals surface area contributed by atoms with Gasteiger partial charge in [0.15, 0.2) is 6.23 Å². The van der Waals surface area contributed by atoms with Crippen LogP contribution in [0.2, 0.25) is 0 Å². The Bertz CT molecular complexity index is 2430. The minimum Gasteiger partial charge on any atom is -0.394 e. The van der Waals surface area contributed by atoms with Crippen LogP contribution in [0.4, 0.5) is 5.69 Å². The number of nitrogens with one attached hydrogen (secondary N) is 4. The highest BCUT2D eigenvalue weighted by molar-refractivity contribution is 6.44. The van der Waals surface area contributed by atoms with Gasteiger partial charge in [0.2, 0.25) is 35.4 Å². The quantitative estimate of drug-likeness (QED) is 0.0218. The first-order chi connectivity index (χ1) is 38.8. The van der Waals surface area contributed by atoms with E-state index in [0.29, 0.717) is 76.5 Å². The number of carbonyl (C=O) groups excluding carboxylic acids is 6.